The van der Waals surface area contributed by atoms with E-state index in [2.05, 4.69) is 34.2 Å². The number of benzene rings is 1. The fourth-order valence-corrected chi connectivity index (χ4v) is 2.52. The fourth-order valence-electron chi connectivity index (χ4n) is 1.70. The van der Waals surface area contributed by atoms with Crippen molar-refractivity contribution in [1.29, 1.82) is 0 Å². The molecule has 15 heavy (non-hydrogen) atoms. The first kappa shape index (κ1) is 11.4. The van der Waals surface area contributed by atoms with Gasteiger partial charge in [0, 0.05) is 22.1 Å². The summed E-state index contributed by atoms with van der Waals surface area (Å²) in [5.74, 6) is 0.899. The van der Waals surface area contributed by atoms with Gasteiger partial charge in [-0.1, -0.05) is 33.6 Å². The average Bonchev–Trinajstić information content (AvgIpc) is 2.99. The van der Waals surface area contributed by atoms with Gasteiger partial charge in [0.05, 0.1) is 0 Å². The number of hydrogen-bond acceptors (Lipinski definition) is 1. The van der Waals surface area contributed by atoms with Gasteiger partial charge in [-0.3, -0.25) is 0 Å². The van der Waals surface area contributed by atoms with E-state index in [4.69, 9.17) is 11.6 Å². The molecule has 1 aliphatic rings. The summed E-state index contributed by atoms with van der Waals surface area (Å²) in [6.45, 7) is 3.18. The topological polar surface area (TPSA) is 12.0 Å². The summed E-state index contributed by atoms with van der Waals surface area (Å²) in [6.07, 6.45) is 2.77. The number of halogens is 2. The van der Waals surface area contributed by atoms with Crippen LogP contribution in [0.25, 0.3) is 0 Å². The maximum Gasteiger partial charge on any atom is 0.0417 e. The highest BCUT2D eigenvalue weighted by molar-refractivity contribution is 9.10. The summed E-state index contributed by atoms with van der Waals surface area (Å²) in [5.41, 5.74) is 1.27. The van der Waals surface area contributed by atoms with Crippen molar-refractivity contribution < 1.29 is 0 Å². The second-order valence-corrected chi connectivity index (χ2v) is 5.53. The maximum atomic E-state index is 5.89. The van der Waals surface area contributed by atoms with E-state index < -0.39 is 0 Å². The smallest absolute Gasteiger partial charge is 0.0417 e. The van der Waals surface area contributed by atoms with Gasteiger partial charge in [-0.15, -0.1) is 0 Å². The predicted molar refractivity (Wildman–Crippen MR) is 68.2 cm³/mol. The van der Waals surface area contributed by atoms with Crippen molar-refractivity contribution in [3.63, 3.8) is 0 Å². The molecule has 0 aliphatic heterocycles. The van der Waals surface area contributed by atoms with Gasteiger partial charge in [-0.05, 0) is 43.4 Å². The van der Waals surface area contributed by atoms with Gasteiger partial charge >= 0.3 is 0 Å². The molecule has 1 N–H and O–H groups in total. The summed E-state index contributed by atoms with van der Waals surface area (Å²) < 4.78 is 1.09. The van der Waals surface area contributed by atoms with E-state index in [0.29, 0.717) is 6.04 Å². The van der Waals surface area contributed by atoms with Crippen LogP contribution in [0.3, 0.4) is 0 Å². The van der Waals surface area contributed by atoms with Crippen molar-refractivity contribution in [2.45, 2.75) is 32.4 Å². The molecule has 1 nitrogen and oxygen atoms in total. The van der Waals surface area contributed by atoms with Crippen molar-refractivity contribution >= 4 is 27.5 Å². The van der Waals surface area contributed by atoms with Crippen LogP contribution in [0.2, 0.25) is 5.02 Å². The summed E-state index contributed by atoms with van der Waals surface area (Å²) in [6, 6.07) is 6.58. The highest BCUT2D eigenvalue weighted by atomic mass is 79.9. The van der Waals surface area contributed by atoms with E-state index in [1.807, 2.05) is 12.1 Å². The van der Waals surface area contributed by atoms with Crippen LogP contribution in [-0.2, 0) is 6.54 Å². The lowest BCUT2D eigenvalue weighted by molar-refractivity contribution is 0.495. The molecule has 2 rings (SSSR count). The molecule has 1 atom stereocenters. The lowest BCUT2D eigenvalue weighted by Crippen LogP contribution is -2.27. The lowest BCUT2D eigenvalue weighted by atomic mass is 10.2. The van der Waals surface area contributed by atoms with Crippen molar-refractivity contribution in [2.75, 3.05) is 0 Å². The van der Waals surface area contributed by atoms with E-state index in [-0.39, 0.29) is 0 Å². The third kappa shape index (κ3) is 3.20. The molecule has 1 fully saturated rings. The zero-order chi connectivity index (χ0) is 10.8. The molecule has 82 valence electrons. The minimum atomic E-state index is 0.632. The van der Waals surface area contributed by atoms with Gasteiger partial charge in [-0.2, -0.15) is 0 Å². The van der Waals surface area contributed by atoms with Gasteiger partial charge in [0.2, 0.25) is 0 Å². The van der Waals surface area contributed by atoms with Crippen LogP contribution in [0.4, 0.5) is 0 Å². The van der Waals surface area contributed by atoms with E-state index in [1.165, 1.54) is 18.4 Å². The lowest BCUT2D eigenvalue weighted by Gasteiger charge is -2.13. The molecule has 0 bridgehead atoms. The highest BCUT2D eigenvalue weighted by Gasteiger charge is 2.27. The molecule has 1 unspecified atom stereocenters. The second kappa shape index (κ2) is 4.86. The standard InChI is InChI=1S/C12H15BrClN/c1-8(9-2-3-9)15-7-10-4-5-11(14)6-12(10)13/h4-6,8-9,15H,2-3,7H2,1H3. The summed E-state index contributed by atoms with van der Waals surface area (Å²) in [7, 11) is 0. The van der Waals surface area contributed by atoms with E-state index in [0.717, 1.165) is 22.0 Å². The Labute approximate surface area is 104 Å². The maximum absolute atomic E-state index is 5.89. The van der Waals surface area contributed by atoms with Crippen molar-refractivity contribution in [1.82, 2.24) is 5.32 Å². The largest absolute Gasteiger partial charge is 0.310 e. The summed E-state index contributed by atoms with van der Waals surface area (Å²) in [5, 5.41) is 4.33. The Morgan fingerprint density at radius 3 is 2.87 bits per heavy atom. The molecular formula is C12H15BrClN. The van der Waals surface area contributed by atoms with Crippen LogP contribution in [-0.4, -0.2) is 6.04 Å². The Morgan fingerprint density at radius 1 is 1.53 bits per heavy atom. The summed E-state index contributed by atoms with van der Waals surface area (Å²) in [4.78, 5) is 0. The van der Waals surface area contributed by atoms with Crippen molar-refractivity contribution in [3.8, 4) is 0 Å². The minimum Gasteiger partial charge on any atom is -0.310 e. The van der Waals surface area contributed by atoms with Gasteiger partial charge in [0.25, 0.3) is 0 Å². The molecule has 0 amide bonds. The number of hydrogen-bond donors (Lipinski definition) is 1. The molecule has 0 spiro atoms. The average molecular weight is 289 g/mol. The molecular weight excluding hydrogens is 273 g/mol. The second-order valence-electron chi connectivity index (χ2n) is 4.24. The monoisotopic (exact) mass is 287 g/mol. The highest BCUT2D eigenvalue weighted by Crippen LogP contribution is 2.32. The van der Waals surface area contributed by atoms with Crippen LogP contribution in [0, 0.1) is 5.92 Å². The molecule has 1 aromatic carbocycles. The van der Waals surface area contributed by atoms with Gasteiger partial charge in [-0.25, -0.2) is 0 Å². The van der Waals surface area contributed by atoms with Crippen LogP contribution < -0.4 is 5.32 Å². The van der Waals surface area contributed by atoms with Gasteiger partial charge < -0.3 is 5.32 Å². The summed E-state index contributed by atoms with van der Waals surface area (Å²) >= 11 is 9.42. The SMILES string of the molecule is CC(NCc1ccc(Cl)cc1Br)C1CC1. The van der Waals surface area contributed by atoms with Crippen molar-refractivity contribution in [2.24, 2.45) is 5.92 Å². The molecule has 0 heterocycles. The van der Waals surface area contributed by atoms with Crippen molar-refractivity contribution in [3.05, 3.63) is 33.3 Å². The molecule has 3 heteroatoms. The Hall–Kier alpha value is -0.0500. The van der Waals surface area contributed by atoms with Crippen LogP contribution in [0.5, 0.6) is 0 Å². The first-order valence-electron chi connectivity index (χ1n) is 5.34. The number of nitrogens with one attached hydrogen (secondary N) is 1. The predicted octanol–water partition coefficient (Wildman–Crippen LogP) is 3.99. The number of rotatable bonds is 4. The van der Waals surface area contributed by atoms with Crippen LogP contribution in [0.15, 0.2) is 22.7 Å². The third-order valence-electron chi connectivity index (χ3n) is 2.96. The molecule has 1 saturated carbocycles. The molecule has 0 saturated heterocycles. The Balaban J connectivity index is 1.92. The normalized spacial score (nSPS) is 17.8. The van der Waals surface area contributed by atoms with E-state index in [9.17, 15) is 0 Å². The first-order chi connectivity index (χ1) is 7.16. The van der Waals surface area contributed by atoms with Crippen LogP contribution >= 0.6 is 27.5 Å². The minimum absolute atomic E-state index is 0.632. The Kier molecular flexibility index (Phi) is 3.70. The molecule has 0 aromatic heterocycles. The third-order valence-corrected chi connectivity index (χ3v) is 3.93. The zero-order valence-corrected chi connectivity index (χ0v) is 11.1. The molecule has 1 aliphatic carbocycles. The quantitative estimate of drug-likeness (QED) is 0.883. The van der Waals surface area contributed by atoms with E-state index in [1.54, 1.807) is 0 Å². The zero-order valence-electron chi connectivity index (χ0n) is 8.76. The first-order valence-corrected chi connectivity index (χ1v) is 6.51. The molecule has 0 radical (unpaired) electrons. The van der Waals surface area contributed by atoms with Gasteiger partial charge in [0.15, 0.2) is 0 Å². The van der Waals surface area contributed by atoms with Crippen LogP contribution in [0.1, 0.15) is 25.3 Å². The Morgan fingerprint density at radius 2 is 2.27 bits per heavy atom. The van der Waals surface area contributed by atoms with Gasteiger partial charge in [0.1, 0.15) is 0 Å². The van der Waals surface area contributed by atoms with E-state index >= 15 is 0 Å². The Bertz CT molecular complexity index is 349. The molecule has 1 aromatic rings. The fraction of sp³-hybridized carbons (Fsp3) is 0.500.